The van der Waals surface area contributed by atoms with E-state index in [0.717, 1.165) is 44.4 Å². The van der Waals surface area contributed by atoms with Gasteiger partial charge < -0.3 is 9.80 Å². The Morgan fingerprint density at radius 2 is 1.74 bits per heavy atom. The van der Waals surface area contributed by atoms with Crippen LogP contribution in [0.15, 0.2) is 25.0 Å². The van der Waals surface area contributed by atoms with Gasteiger partial charge in [-0.2, -0.15) is 5.10 Å². The zero-order valence-corrected chi connectivity index (χ0v) is 13.4. The molecule has 1 atom stereocenters. The minimum atomic E-state index is 0.593. The van der Waals surface area contributed by atoms with Crippen molar-refractivity contribution in [3.05, 3.63) is 25.0 Å². The molecule has 0 amide bonds. The van der Waals surface area contributed by atoms with Gasteiger partial charge in [0.2, 0.25) is 0 Å². The summed E-state index contributed by atoms with van der Waals surface area (Å²) >= 11 is 0. The smallest absolute Gasteiger partial charge is 0.137 e. The Labute approximate surface area is 136 Å². The average molecular weight is 313 g/mol. The number of anilines is 2. The molecule has 2 aliphatic heterocycles. The molecule has 0 spiro atoms. The molecule has 4 heterocycles. The first-order chi connectivity index (χ1) is 11.4. The first kappa shape index (κ1) is 14.4. The van der Waals surface area contributed by atoms with E-state index in [9.17, 15) is 0 Å². The molecule has 7 heteroatoms. The molecular formula is C16H23N7. The van der Waals surface area contributed by atoms with Gasteiger partial charge in [-0.05, 0) is 31.6 Å². The van der Waals surface area contributed by atoms with Crippen molar-refractivity contribution in [2.45, 2.75) is 32.2 Å². The average Bonchev–Trinajstić information content (AvgIpc) is 3.29. The van der Waals surface area contributed by atoms with Gasteiger partial charge in [0.1, 0.15) is 30.6 Å². The molecule has 0 bridgehead atoms. The quantitative estimate of drug-likeness (QED) is 0.854. The van der Waals surface area contributed by atoms with Gasteiger partial charge in [-0.1, -0.05) is 0 Å². The van der Waals surface area contributed by atoms with Gasteiger partial charge in [0, 0.05) is 38.8 Å². The third kappa shape index (κ3) is 3.28. The Hall–Kier alpha value is -2.18. The summed E-state index contributed by atoms with van der Waals surface area (Å²) in [4.78, 5) is 17.8. The molecule has 0 aliphatic carbocycles. The van der Waals surface area contributed by atoms with Crippen LogP contribution >= 0.6 is 0 Å². The van der Waals surface area contributed by atoms with Crippen LogP contribution in [0, 0.1) is 5.92 Å². The lowest BCUT2D eigenvalue weighted by atomic mass is 9.98. The van der Waals surface area contributed by atoms with E-state index in [1.54, 1.807) is 19.0 Å². The molecule has 0 radical (unpaired) electrons. The molecule has 23 heavy (non-hydrogen) atoms. The summed E-state index contributed by atoms with van der Waals surface area (Å²) in [6.45, 7) is 5.26. The highest BCUT2D eigenvalue weighted by molar-refractivity contribution is 5.50. The maximum absolute atomic E-state index is 4.52. The number of piperidine rings is 1. The highest BCUT2D eigenvalue weighted by Gasteiger charge is 2.23. The van der Waals surface area contributed by atoms with Crippen LogP contribution in [0.4, 0.5) is 11.6 Å². The van der Waals surface area contributed by atoms with Gasteiger partial charge in [-0.3, -0.25) is 4.68 Å². The van der Waals surface area contributed by atoms with E-state index < -0.39 is 0 Å². The van der Waals surface area contributed by atoms with Crippen molar-refractivity contribution in [3.8, 4) is 0 Å². The Balaban J connectivity index is 1.45. The Morgan fingerprint density at radius 1 is 0.957 bits per heavy atom. The summed E-state index contributed by atoms with van der Waals surface area (Å²) in [5, 5.41) is 4.23. The summed E-state index contributed by atoms with van der Waals surface area (Å²) in [7, 11) is 0. The van der Waals surface area contributed by atoms with E-state index in [0.29, 0.717) is 5.92 Å². The molecule has 2 fully saturated rings. The third-order valence-electron chi connectivity index (χ3n) is 4.82. The summed E-state index contributed by atoms with van der Waals surface area (Å²) in [5.41, 5.74) is 0. The largest absolute Gasteiger partial charge is 0.356 e. The Bertz CT molecular complexity index is 621. The lowest BCUT2D eigenvalue weighted by molar-refractivity contribution is 0.350. The summed E-state index contributed by atoms with van der Waals surface area (Å²) in [5.74, 6) is 2.73. The number of hydrogen-bond donors (Lipinski definition) is 0. The highest BCUT2D eigenvalue weighted by atomic mass is 15.3. The van der Waals surface area contributed by atoms with E-state index in [4.69, 9.17) is 0 Å². The first-order valence-corrected chi connectivity index (χ1v) is 8.53. The number of hydrogen-bond acceptors (Lipinski definition) is 6. The van der Waals surface area contributed by atoms with Crippen molar-refractivity contribution in [1.29, 1.82) is 0 Å². The van der Waals surface area contributed by atoms with Crippen molar-refractivity contribution < 1.29 is 0 Å². The molecule has 0 unspecified atom stereocenters. The molecule has 2 aromatic heterocycles. The second kappa shape index (κ2) is 6.52. The molecule has 0 aromatic carbocycles. The fourth-order valence-electron chi connectivity index (χ4n) is 3.64. The maximum Gasteiger partial charge on any atom is 0.137 e. The monoisotopic (exact) mass is 313 g/mol. The Morgan fingerprint density at radius 3 is 2.52 bits per heavy atom. The predicted molar refractivity (Wildman–Crippen MR) is 88.4 cm³/mol. The highest BCUT2D eigenvalue weighted by Crippen LogP contribution is 2.25. The number of aromatic nitrogens is 5. The van der Waals surface area contributed by atoms with Gasteiger partial charge in [-0.15, -0.1) is 0 Å². The summed E-state index contributed by atoms with van der Waals surface area (Å²) in [6.07, 6.45) is 10.1. The molecule has 0 N–H and O–H groups in total. The van der Waals surface area contributed by atoms with Crippen LogP contribution < -0.4 is 9.80 Å². The molecule has 2 saturated heterocycles. The zero-order valence-electron chi connectivity index (χ0n) is 13.4. The fourth-order valence-corrected chi connectivity index (χ4v) is 3.64. The van der Waals surface area contributed by atoms with Crippen molar-refractivity contribution >= 4 is 11.6 Å². The van der Waals surface area contributed by atoms with Crippen molar-refractivity contribution in [2.24, 2.45) is 5.92 Å². The van der Waals surface area contributed by atoms with E-state index in [-0.39, 0.29) is 0 Å². The van der Waals surface area contributed by atoms with Crippen LogP contribution in [0.25, 0.3) is 0 Å². The number of rotatable bonds is 4. The minimum absolute atomic E-state index is 0.593. The van der Waals surface area contributed by atoms with Crippen LogP contribution in [0.1, 0.15) is 25.7 Å². The summed E-state index contributed by atoms with van der Waals surface area (Å²) < 4.78 is 1.93. The lowest BCUT2D eigenvalue weighted by Crippen LogP contribution is -2.37. The van der Waals surface area contributed by atoms with Crippen molar-refractivity contribution in [3.63, 3.8) is 0 Å². The summed E-state index contributed by atoms with van der Waals surface area (Å²) in [6, 6.07) is 2.16. The van der Waals surface area contributed by atoms with E-state index in [1.165, 1.54) is 25.7 Å². The SMILES string of the molecule is c1nc(N2CCCC2)cc(N2CCC[C@@H](Cn3cncn3)C2)n1. The van der Waals surface area contributed by atoms with Gasteiger partial charge >= 0.3 is 0 Å². The van der Waals surface area contributed by atoms with Crippen LogP contribution in [0.5, 0.6) is 0 Å². The second-order valence-electron chi connectivity index (χ2n) is 6.50. The molecule has 4 rings (SSSR count). The molecular weight excluding hydrogens is 290 g/mol. The topological polar surface area (TPSA) is 63.0 Å². The van der Waals surface area contributed by atoms with Gasteiger partial charge in [0.25, 0.3) is 0 Å². The van der Waals surface area contributed by atoms with Crippen molar-refractivity contribution in [1.82, 2.24) is 24.7 Å². The Kier molecular flexibility index (Phi) is 4.08. The fraction of sp³-hybridized carbons (Fsp3) is 0.625. The molecule has 2 aliphatic rings. The molecule has 122 valence electrons. The first-order valence-electron chi connectivity index (χ1n) is 8.53. The van der Waals surface area contributed by atoms with E-state index in [1.807, 2.05) is 4.68 Å². The maximum atomic E-state index is 4.52. The van der Waals surface area contributed by atoms with Crippen LogP contribution in [-0.4, -0.2) is 50.9 Å². The predicted octanol–water partition coefficient (Wildman–Crippen LogP) is 1.58. The standard InChI is InChI=1S/C16H23N7/c1-2-6-21(5-1)15-8-16(19-12-18-15)22-7-3-4-14(9-22)10-23-13-17-11-20-23/h8,11-14H,1-7,9-10H2/t14-/m1/s1. The van der Waals surface area contributed by atoms with Gasteiger partial charge in [0.15, 0.2) is 0 Å². The number of nitrogens with zero attached hydrogens (tertiary/aromatic N) is 7. The van der Waals surface area contributed by atoms with Gasteiger partial charge in [-0.25, -0.2) is 15.0 Å². The minimum Gasteiger partial charge on any atom is -0.356 e. The molecule has 2 aromatic rings. The molecule has 7 nitrogen and oxygen atoms in total. The lowest BCUT2D eigenvalue weighted by Gasteiger charge is -2.33. The van der Waals surface area contributed by atoms with Crippen LogP contribution in [0.3, 0.4) is 0 Å². The van der Waals surface area contributed by atoms with Crippen molar-refractivity contribution in [2.75, 3.05) is 36.0 Å². The van der Waals surface area contributed by atoms with Crippen LogP contribution in [0.2, 0.25) is 0 Å². The molecule has 0 saturated carbocycles. The second-order valence-corrected chi connectivity index (χ2v) is 6.50. The van der Waals surface area contributed by atoms with Gasteiger partial charge in [0.05, 0.1) is 0 Å². The third-order valence-corrected chi connectivity index (χ3v) is 4.82. The van der Waals surface area contributed by atoms with Crippen LogP contribution in [-0.2, 0) is 6.54 Å². The van der Waals surface area contributed by atoms with E-state index in [2.05, 4.69) is 35.9 Å². The normalized spacial score (nSPS) is 21.8. The zero-order chi connectivity index (χ0) is 15.5. The van der Waals surface area contributed by atoms with E-state index >= 15 is 0 Å².